The van der Waals surface area contributed by atoms with Crippen LogP contribution in [0.15, 0.2) is 55.6 Å². The number of benzene rings is 1. The number of aliphatic hydroxyl groups excluding tert-OH is 1. The van der Waals surface area contributed by atoms with Gasteiger partial charge in [-0.1, -0.05) is 71.8 Å². The largest absolute Gasteiger partial charge is 0.455 e. The van der Waals surface area contributed by atoms with Crippen molar-refractivity contribution in [2.75, 3.05) is 33.3 Å². The van der Waals surface area contributed by atoms with Crippen LogP contribution in [0.2, 0.25) is 0 Å². The third-order valence-electron chi connectivity index (χ3n) is 10.2. The summed E-state index contributed by atoms with van der Waals surface area (Å²) in [5.41, 5.74) is -0.479. The molecule has 4 rings (SSSR count). The number of likely N-dealkylation sites (tertiary alicyclic amines) is 1. The zero-order chi connectivity index (χ0) is 35.0. The fourth-order valence-corrected chi connectivity index (χ4v) is 8.52. The maximum Gasteiger partial charge on any atom is 0.313 e. The lowest BCUT2D eigenvalue weighted by atomic mass is 9.70. The standard InChI is InChI=1S/C37H52BrN3O7/c1-6-9-19-28(43)39(5)25(4)31(26-17-13-11-14-18-26)47-36(46)29-30-34(44)41(22-15-12-16-23-42)33(37(30)24-27(38)32(29)48-37)35(45)40(20-8-3)21-10-7-2/h6,8,11,13-14,17-18,25,27,29-33,42H,1,3,7,9-10,12,15-16,19-24H2,2,4-5H3/t25-,27?,29+,30-,31+,32+,33+,37-/m0/s1. The van der Waals surface area contributed by atoms with Crippen molar-refractivity contribution in [1.29, 1.82) is 0 Å². The molecule has 8 atom stereocenters. The lowest BCUT2D eigenvalue weighted by Gasteiger charge is -2.37. The molecule has 3 aliphatic rings. The van der Waals surface area contributed by atoms with Crippen LogP contribution in [-0.4, -0.2) is 105 Å². The molecular formula is C37H52BrN3O7. The molecular weight excluding hydrogens is 678 g/mol. The van der Waals surface area contributed by atoms with Gasteiger partial charge in [0.1, 0.15) is 17.7 Å². The van der Waals surface area contributed by atoms with E-state index < -0.39 is 47.7 Å². The highest BCUT2D eigenvalue weighted by Gasteiger charge is 2.77. The van der Waals surface area contributed by atoms with Crippen molar-refractivity contribution in [3.05, 3.63) is 61.2 Å². The molecule has 1 N–H and O–H groups in total. The van der Waals surface area contributed by atoms with E-state index in [1.165, 1.54) is 0 Å². The lowest BCUT2D eigenvalue weighted by molar-refractivity contribution is -0.164. The molecule has 0 aliphatic carbocycles. The average Bonchev–Trinajstić information content (AvgIpc) is 3.68. The number of aliphatic hydroxyl groups is 1. The number of carbonyl (C=O) groups excluding carboxylic acids is 4. The maximum absolute atomic E-state index is 14.5. The van der Waals surface area contributed by atoms with Gasteiger partial charge in [-0.2, -0.15) is 0 Å². The molecule has 3 amide bonds. The van der Waals surface area contributed by atoms with Gasteiger partial charge in [0.25, 0.3) is 0 Å². The van der Waals surface area contributed by atoms with Gasteiger partial charge in [-0.25, -0.2) is 0 Å². The van der Waals surface area contributed by atoms with E-state index in [2.05, 4.69) is 36.0 Å². The van der Waals surface area contributed by atoms with E-state index in [1.807, 2.05) is 37.3 Å². The van der Waals surface area contributed by atoms with Gasteiger partial charge in [-0.15, -0.1) is 13.2 Å². The number of nitrogens with zero attached hydrogens (tertiary/aromatic N) is 3. The number of allylic oxidation sites excluding steroid dienone is 1. The van der Waals surface area contributed by atoms with Crippen molar-refractivity contribution in [2.45, 2.75) is 99.9 Å². The number of hydrogen-bond donors (Lipinski definition) is 1. The van der Waals surface area contributed by atoms with Gasteiger partial charge >= 0.3 is 5.97 Å². The zero-order valence-corrected chi connectivity index (χ0v) is 30.2. The molecule has 0 aromatic heterocycles. The highest BCUT2D eigenvalue weighted by atomic mass is 79.9. The molecule has 1 unspecified atom stereocenters. The smallest absolute Gasteiger partial charge is 0.313 e. The molecule has 3 saturated heterocycles. The molecule has 1 spiro atoms. The quantitative estimate of drug-likeness (QED) is 0.0941. The highest BCUT2D eigenvalue weighted by molar-refractivity contribution is 9.09. The Morgan fingerprint density at radius 2 is 1.90 bits per heavy atom. The van der Waals surface area contributed by atoms with Crippen molar-refractivity contribution in [3.63, 3.8) is 0 Å². The van der Waals surface area contributed by atoms with Crippen molar-refractivity contribution < 1.29 is 33.8 Å². The van der Waals surface area contributed by atoms with Crippen molar-refractivity contribution in [1.82, 2.24) is 14.7 Å². The molecule has 11 heteroatoms. The summed E-state index contributed by atoms with van der Waals surface area (Å²) in [6.45, 7) is 12.7. The number of rotatable bonds is 19. The van der Waals surface area contributed by atoms with E-state index in [4.69, 9.17) is 9.47 Å². The second-order valence-electron chi connectivity index (χ2n) is 13.2. The monoisotopic (exact) mass is 729 g/mol. The zero-order valence-electron chi connectivity index (χ0n) is 28.6. The average molecular weight is 731 g/mol. The minimum atomic E-state index is -1.20. The number of esters is 1. The van der Waals surface area contributed by atoms with Gasteiger partial charge < -0.3 is 29.3 Å². The number of amides is 3. The van der Waals surface area contributed by atoms with Crippen LogP contribution in [0, 0.1) is 11.8 Å². The summed E-state index contributed by atoms with van der Waals surface area (Å²) in [7, 11) is 1.70. The lowest BCUT2D eigenvalue weighted by Crippen LogP contribution is -2.57. The molecule has 0 saturated carbocycles. The fourth-order valence-electron chi connectivity index (χ4n) is 7.58. The Balaban J connectivity index is 1.69. The molecule has 3 heterocycles. The van der Waals surface area contributed by atoms with E-state index in [9.17, 15) is 24.3 Å². The number of ether oxygens (including phenoxy) is 2. The molecule has 3 fully saturated rings. The Bertz CT molecular complexity index is 1310. The highest BCUT2D eigenvalue weighted by Crippen LogP contribution is 2.60. The number of alkyl halides is 1. The van der Waals surface area contributed by atoms with Crippen LogP contribution in [0.1, 0.15) is 76.9 Å². The minimum absolute atomic E-state index is 0.0486. The predicted molar refractivity (Wildman–Crippen MR) is 187 cm³/mol. The number of hydrogen-bond acceptors (Lipinski definition) is 7. The van der Waals surface area contributed by atoms with Gasteiger partial charge in [-0.3, -0.25) is 19.2 Å². The summed E-state index contributed by atoms with van der Waals surface area (Å²) >= 11 is 3.75. The van der Waals surface area contributed by atoms with E-state index in [1.54, 1.807) is 33.9 Å². The van der Waals surface area contributed by atoms with Crippen molar-refractivity contribution in [2.24, 2.45) is 11.8 Å². The Morgan fingerprint density at radius 3 is 2.54 bits per heavy atom. The third kappa shape index (κ3) is 7.58. The maximum atomic E-state index is 14.5. The molecule has 48 heavy (non-hydrogen) atoms. The van der Waals surface area contributed by atoms with E-state index >= 15 is 0 Å². The van der Waals surface area contributed by atoms with Crippen LogP contribution in [0.25, 0.3) is 0 Å². The van der Waals surface area contributed by atoms with Crippen LogP contribution in [0.5, 0.6) is 0 Å². The van der Waals surface area contributed by atoms with Gasteiger partial charge in [0.15, 0.2) is 0 Å². The van der Waals surface area contributed by atoms with E-state index in [-0.39, 0.29) is 35.6 Å². The van der Waals surface area contributed by atoms with Crippen LogP contribution in [0.3, 0.4) is 0 Å². The van der Waals surface area contributed by atoms with Gasteiger partial charge in [0.2, 0.25) is 17.7 Å². The fraction of sp³-hybridized carbons (Fsp3) is 0.622. The molecule has 1 aromatic rings. The number of fused-ring (bicyclic) bond motifs is 1. The first-order chi connectivity index (χ1) is 23.1. The topological polar surface area (TPSA) is 117 Å². The minimum Gasteiger partial charge on any atom is -0.455 e. The third-order valence-corrected chi connectivity index (χ3v) is 11.0. The number of carbonyl (C=O) groups is 4. The first-order valence-corrected chi connectivity index (χ1v) is 18.2. The van der Waals surface area contributed by atoms with Crippen LogP contribution >= 0.6 is 15.9 Å². The summed E-state index contributed by atoms with van der Waals surface area (Å²) in [5.74, 6) is -3.01. The van der Waals surface area contributed by atoms with Gasteiger partial charge in [0.05, 0.1) is 24.0 Å². The Kier molecular flexibility index (Phi) is 13.4. The SMILES string of the molecule is C=CCCC(=O)N(C)[C@@H](C)[C@@H](OC(=O)[C@H]1[C@@H]2O[C@@]3(CC2Br)[C@@H]1C(=O)N(CCCCCO)[C@@H]3C(=O)N(CC=C)CCCC)c1ccccc1. The molecule has 264 valence electrons. The van der Waals surface area contributed by atoms with Crippen LogP contribution < -0.4 is 0 Å². The summed E-state index contributed by atoms with van der Waals surface area (Å²) in [6.07, 6.45) is 6.72. The molecule has 0 radical (unpaired) electrons. The van der Waals surface area contributed by atoms with Crippen molar-refractivity contribution in [3.8, 4) is 0 Å². The summed E-state index contributed by atoms with van der Waals surface area (Å²) in [6, 6.07) is 7.88. The first kappa shape index (κ1) is 37.8. The number of unbranched alkanes of at least 4 members (excludes halogenated alkanes) is 3. The van der Waals surface area contributed by atoms with E-state index in [0.29, 0.717) is 51.7 Å². The van der Waals surface area contributed by atoms with Crippen LogP contribution in [-0.2, 0) is 28.7 Å². The Hall–Kier alpha value is -3.02. The van der Waals surface area contributed by atoms with Gasteiger partial charge in [0, 0.05) is 44.5 Å². The molecule has 3 aliphatic heterocycles. The van der Waals surface area contributed by atoms with E-state index in [0.717, 1.165) is 18.4 Å². The molecule has 2 bridgehead atoms. The Morgan fingerprint density at radius 1 is 1.17 bits per heavy atom. The number of likely N-dealkylation sites (N-methyl/N-ethyl adjacent to an activating group) is 1. The second kappa shape index (κ2) is 17.1. The van der Waals surface area contributed by atoms with Crippen molar-refractivity contribution >= 4 is 39.6 Å². The summed E-state index contributed by atoms with van der Waals surface area (Å²) in [5, 5.41) is 9.35. The van der Waals surface area contributed by atoms with Crippen LogP contribution in [0.4, 0.5) is 0 Å². The predicted octanol–water partition coefficient (Wildman–Crippen LogP) is 4.81. The second-order valence-corrected chi connectivity index (χ2v) is 14.4. The molecule has 10 nitrogen and oxygen atoms in total. The summed E-state index contributed by atoms with van der Waals surface area (Å²) in [4.78, 5) is 61.0. The summed E-state index contributed by atoms with van der Waals surface area (Å²) < 4.78 is 13.0. The first-order valence-electron chi connectivity index (χ1n) is 17.3. The van der Waals surface area contributed by atoms with Gasteiger partial charge in [-0.05, 0) is 51.0 Å². The Labute approximate surface area is 293 Å². The number of halogens is 1. The normalized spacial score (nSPS) is 26.9. The molecule has 1 aromatic carbocycles.